The van der Waals surface area contributed by atoms with E-state index in [1.807, 2.05) is 0 Å². The van der Waals surface area contributed by atoms with Gasteiger partial charge in [-0.3, -0.25) is 4.79 Å². The number of nitrogens with one attached hydrogen (secondary N) is 1. The first-order valence-corrected chi connectivity index (χ1v) is 7.52. The first-order chi connectivity index (χ1) is 10.3. The van der Waals surface area contributed by atoms with Crippen molar-refractivity contribution in [1.82, 2.24) is 5.32 Å². The van der Waals surface area contributed by atoms with Gasteiger partial charge in [0, 0.05) is 10.1 Å². The second kappa shape index (κ2) is 6.51. The maximum absolute atomic E-state index is 12.2. The summed E-state index contributed by atoms with van der Waals surface area (Å²) >= 11 is 7.35. The van der Waals surface area contributed by atoms with Crippen molar-refractivity contribution in [1.29, 1.82) is 0 Å². The van der Waals surface area contributed by atoms with Crippen LogP contribution < -0.4 is 10.1 Å². The highest BCUT2D eigenvalue weighted by Crippen LogP contribution is 2.37. The van der Waals surface area contributed by atoms with Crippen molar-refractivity contribution in [3.63, 3.8) is 0 Å². The van der Waals surface area contributed by atoms with Gasteiger partial charge in [0.2, 0.25) is 0 Å². The van der Waals surface area contributed by atoms with Crippen LogP contribution in [0.1, 0.15) is 16.6 Å². The molecule has 0 fully saturated rings. The Bertz CT molecular complexity index is 727. The molecule has 1 aromatic heterocycles. The number of aliphatic hydroxyl groups excluding tert-OH is 1. The summed E-state index contributed by atoms with van der Waals surface area (Å²) in [4.78, 5) is 23.4. The summed E-state index contributed by atoms with van der Waals surface area (Å²) in [5.74, 6) is -1.35. The molecule has 2 atom stereocenters. The predicted octanol–water partition coefficient (Wildman–Crippen LogP) is 2.13. The molecule has 0 aliphatic rings. The standard InChI is InChI=1S/C14H14ClNO5S/c1-6(17)11(14(19)20)16-13(18)12-10(15)8-5-7(21-2)3-4-9(8)22-12/h3-6,11,17H,1-2H3,(H,16,18)(H,19,20). The molecule has 2 unspecified atom stereocenters. The molecule has 1 amide bonds. The Balaban J connectivity index is 2.36. The van der Waals surface area contributed by atoms with E-state index in [2.05, 4.69) is 5.32 Å². The van der Waals surface area contributed by atoms with Gasteiger partial charge in [0.15, 0.2) is 6.04 Å². The first kappa shape index (κ1) is 16.5. The molecule has 0 aliphatic carbocycles. The number of carbonyl (C=O) groups is 2. The number of benzene rings is 1. The van der Waals surface area contributed by atoms with E-state index in [4.69, 9.17) is 21.4 Å². The lowest BCUT2D eigenvalue weighted by atomic mass is 10.2. The maximum atomic E-state index is 12.2. The number of ether oxygens (including phenoxy) is 1. The van der Waals surface area contributed by atoms with Gasteiger partial charge in [0.05, 0.1) is 18.2 Å². The van der Waals surface area contributed by atoms with Crippen molar-refractivity contribution in [2.45, 2.75) is 19.1 Å². The van der Waals surface area contributed by atoms with Crippen molar-refractivity contribution >= 4 is 44.9 Å². The zero-order valence-corrected chi connectivity index (χ0v) is 13.4. The minimum atomic E-state index is -1.40. The topological polar surface area (TPSA) is 95.9 Å². The van der Waals surface area contributed by atoms with E-state index in [0.717, 1.165) is 16.0 Å². The van der Waals surface area contributed by atoms with E-state index in [-0.39, 0.29) is 9.90 Å². The number of aliphatic carboxylic acids is 1. The van der Waals surface area contributed by atoms with Crippen molar-refractivity contribution < 1.29 is 24.5 Å². The largest absolute Gasteiger partial charge is 0.497 e. The second-order valence-electron chi connectivity index (χ2n) is 4.64. The molecule has 0 saturated heterocycles. The summed E-state index contributed by atoms with van der Waals surface area (Å²) in [5, 5.41) is 21.6. The smallest absolute Gasteiger partial charge is 0.328 e. The van der Waals surface area contributed by atoms with Crippen molar-refractivity contribution in [2.24, 2.45) is 0 Å². The Hall–Kier alpha value is -1.83. The van der Waals surface area contributed by atoms with E-state index in [9.17, 15) is 14.7 Å². The molecule has 0 saturated carbocycles. The molecule has 2 rings (SSSR count). The molecule has 0 bridgehead atoms. The summed E-state index contributed by atoms with van der Waals surface area (Å²) in [7, 11) is 1.52. The summed E-state index contributed by atoms with van der Waals surface area (Å²) < 4.78 is 5.89. The van der Waals surface area contributed by atoms with Crippen LogP contribution in [-0.4, -0.2) is 41.3 Å². The number of halogens is 1. The summed E-state index contributed by atoms with van der Waals surface area (Å²) in [5.41, 5.74) is 0. The van der Waals surface area contributed by atoms with Gasteiger partial charge in [-0.2, -0.15) is 0 Å². The van der Waals surface area contributed by atoms with Gasteiger partial charge in [0.1, 0.15) is 10.6 Å². The first-order valence-electron chi connectivity index (χ1n) is 6.33. The number of carboxylic acid groups (broad SMARTS) is 1. The summed E-state index contributed by atoms with van der Waals surface area (Å²) in [6.45, 7) is 1.29. The molecule has 0 aliphatic heterocycles. The van der Waals surface area contributed by atoms with Gasteiger partial charge >= 0.3 is 5.97 Å². The summed E-state index contributed by atoms with van der Waals surface area (Å²) in [6.07, 6.45) is -1.23. The highest BCUT2D eigenvalue weighted by molar-refractivity contribution is 7.21. The number of rotatable bonds is 5. The van der Waals surface area contributed by atoms with Crippen LogP contribution in [0.4, 0.5) is 0 Å². The molecule has 1 heterocycles. The number of thiophene rings is 1. The highest BCUT2D eigenvalue weighted by atomic mass is 35.5. The fourth-order valence-corrected chi connectivity index (χ4v) is 3.31. The third-order valence-electron chi connectivity index (χ3n) is 3.08. The van der Waals surface area contributed by atoms with Gasteiger partial charge in [-0.05, 0) is 25.1 Å². The normalized spacial score (nSPS) is 13.6. The Morgan fingerprint density at radius 2 is 2.09 bits per heavy atom. The predicted molar refractivity (Wildman–Crippen MR) is 84.0 cm³/mol. The van der Waals surface area contributed by atoms with E-state index >= 15 is 0 Å². The Labute approximate surface area is 135 Å². The van der Waals surface area contributed by atoms with Gasteiger partial charge in [0.25, 0.3) is 5.91 Å². The van der Waals surface area contributed by atoms with Crippen molar-refractivity contribution in [3.8, 4) is 5.75 Å². The van der Waals surface area contributed by atoms with Crippen LogP contribution in [0.5, 0.6) is 5.75 Å². The van der Waals surface area contributed by atoms with Gasteiger partial charge in [-0.1, -0.05) is 11.6 Å². The zero-order chi connectivity index (χ0) is 16.4. The second-order valence-corrected chi connectivity index (χ2v) is 6.07. The van der Waals surface area contributed by atoms with Crippen LogP contribution in [0.15, 0.2) is 18.2 Å². The van der Waals surface area contributed by atoms with Crippen LogP contribution in [0.2, 0.25) is 5.02 Å². The molecule has 22 heavy (non-hydrogen) atoms. The van der Waals surface area contributed by atoms with E-state index < -0.39 is 24.0 Å². The lowest BCUT2D eigenvalue weighted by Gasteiger charge is -2.16. The van der Waals surface area contributed by atoms with E-state index in [1.165, 1.54) is 14.0 Å². The van der Waals surface area contributed by atoms with Crippen molar-refractivity contribution in [3.05, 3.63) is 28.1 Å². The van der Waals surface area contributed by atoms with Crippen LogP contribution in [-0.2, 0) is 4.79 Å². The Morgan fingerprint density at radius 1 is 1.41 bits per heavy atom. The average molecular weight is 344 g/mol. The molecule has 0 radical (unpaired) electrons. The molecular weight excluding hydrogens is 330 g/mol. The molecule has 3 N–H and O–H groups in total. The molecule has 6 nitrogen and oxygen atoms in total. The van der Waals surface area contributed by atoms with Crippen LogP contribution in [0.25, 0.3) is 10.1 Å². The molecule has 1 aromatic carbocycles. The number of aliphatic hydroxyl groups is 1. The number of fused-ring (bicyclic) bond motifs is 1. The molecule has 2 aromatic rings. The average Bonchev–Trinajstić information content (AvgIpc) is 2.80. The Morgan fingerprint density at radius 3 is 2.64 bits per heavy atom. The Kier molecular flexibility index (Phi) is 4.90. The molecular formula is C14H14ClNO5S. The van der Waals surface area contributed by atoms with Crippen LogP contribution in [0.3, 0.4) is 0 Å². The lowest BCUT2D eigenvalue weighted by Crippen LogP contribution is -2.47. The number of hydrogen-bond acceptors (Lipinski definition) is 5. The summed E-state index contributed by atoms with van der Waals surface area (Å²) in [6, 6.07) is 3.81. The van der Waals surface area contributed by atoms with Gasteiger partial charge in [-0.25, -0.2) is 4.79 Å². The minimum Gasteiger partial charge on any atom is -0.497 e. The highest BCUT2D eigenvalue weighted by Gasteiger charge is 2.27. The number of carboxylic acids is 1. The monoisotopic (exact) mass is 343 g/mol. The third kappa shape index (κ3) is 3.16. The minimum absolute atomic E-state index is 0.191. The van der Waals surface area contributed by atoms with Crippen molar-refractivity contribution in [2.75, 3.05) is 7.11 Å². The van der Waals surface area contributed by atoms with Gasteiger partial charge < -0.3 is 20.3 Å². The maximum Gasteiger partial charge on any atom is 0.328 e. The quantitative estimate of drug-likeness (QED) is 0.773. The third-order valence-corrected chi connectivity index (χ3v) is 4.75. The lowest BCUT2D eigenvalue weighted by molar-refractivity contribution is -0.141. The molecule has 8 heteroatoms. The van der Waals surface area contributed by atoms with Crippen LogP contribution in [0, 0.1) is 0 Å². The number of hydrogen-bond donors (Lipinski definition) is 3. The fraction of sp³-hybridized carbons (Fsp3) is 0.286. The zero-order valence-electron chi connectivity index (χ0n) is 11.8. The number of amides is 1. The van der Waals surface area contributed by atoms with Crippen LogP contribution >= 0.6 is 22.9 Å². The van der Waals surface area contributed by atoms with E-state index in [0.29, 0.717) is 11.1 Å². The van der Waals surface area contributed by atoms with Gasteiger partial charge in [-0.15, -0.1) is 11.3 Å². The fourth-order valence-electron chi connectivity index (χ4n) is 1.92. The SMILES string of the molecule is COc1ccc2sc(C(=O)NC(C(=O)O)C(C)O)c(Cl)c2c1. The number of methoxy groups -OCH3 is 1. The molecule has 118 valence electrons. The molecule has 0 spiro atoms. The van der Waals surface area contributed by atoms with E-state index in [1.54, 1.807) is 18.2 Å². The number of carbonyl (C=O) groups excluding carboxylic acids is 1.